The predicted octanol–water partition coefficient (Wildman–Crippen LogP) is 5.68. The van der Waals surface area contributed by atoms with Gasteiger partial charge in [-0.15, -0.1) is 0 Å². The molecule has 1 fully saturated rings. The zero-order chi connectivity index (χ0) is 27.9. The van der Waals surface area contributed by atoms with Crippen LogP contribution in [0.2, 0.25) is 0 Å². The number of amides is 2. The molecule has 2 aromatic carbocycles. The Morgan fingerprint density at radius 1 is 1.05 bits per heavy atom. The van der Waals surface area contributed by atoms with E-state index in [1.807, 2.05) is 45.0 Å². The lowest BCUT2D eigenvalue weighted by atomic mass is 9.88. The lowest BCUT2D eigenvalue weighted by Crippen LogP contribution is -2.41. The monoisotopic (exact) mass is 534 g/mol. The summed E-state index contributed by atoms with van der Waals surface area (Å²) in [5.41, 5.74) is 8.97. The molecule has 9 heteroatoms. The average molecular weight is 535 g/mol. The van der Waals surface area contributed by atoms with Crippen molar-refractivity contribution in [3.05, 3.63) is 70.9 Å². The molecule has 0 spiro atoms. The zero-order valence-corrected chi connectivity index (χ0v) is 22.3. The maximum atomic E-state index is 15.0. The Bertz CT molecular complexity index is 1430. The van der Waals surface area contributed by atoms with Gasteiger partial charge < -0.3 is 20.7 Å². The van der Waals surface area contributed by atoms with Crippen LogP contribution in [0, 0.1) is 11.8 Å². The molecule has 1 aromatic heterocycles. The second kappa shape index (κ2) is 10.3. The van der Waals surface area contributed by atoms with Gasteiger partial charge >= 0.3 is 6.09 Å². The number of pyridine rings is 1. The number of nitrogens with one attached hydrogen (secondary N) is 1. The summed E-state index contributed by atoms with van der Waals surface area (Å²) >= 11 is 0. The van der Waals surface area contributed by atoms with Gasteiger partial charge in [-0.05, 0) is 86.4 Å². The van der Waals surface area contributed by atoms with Gasteiger partial charge in [0.2, 0.25) is 5.95 Å². The molecule has 2 aliphatic rings. The molecule has 3 N–H and O–H groups in total. The van der Waals surface area contributed by atoms with Crippen LogP contribution in [0.4, 0.5) is 19.4 Å². The third-order valence-electron chi connectivity index (χ3n) is 7.24. The predicted molar refractivity (Wildman–Crippen MR) is 145 cm³/mol. The molecule has 39 heavy (non-hydrogen) atoms. The Morgan fingerprint density at radius 3 is 2.41 bits per heavy atom. The van der Waals surface area contributed by atoms with E-state index in [1.54, 1.807) is 17.0 Å². The summed E-state index contributed by atoms with van der Waals surface area (Å²) in [4.78, 5) is 30.1. The number of hydrogen-bond acceptors (Lipinski definition) is 5. The number of rotatable bonds is 3. The Labute approximate surface area is 226 Å². The summed E-state index contributed by atoms with van der Waals surface area (Å²) in [5.74, 6) is -1.58. The number of piperidine rings is 1. The lowest BCUT2D eigenvalue weighted by molar-refractivity contribution is 0.0204. The summed E-state index contributed by atoms with van der Waals surface area (Å²) in [7, 11) is 0. The highest BCUT2D eigenvalue weighted by atomic mass is 19.1. The van der Waals surface area contributed by atoms with Gasteiger partial charge in [-0.2, -0.15) is 4.39 Å². The van der Waals surface area contributed by atoms with Crippen molar-refractivity contribution in [1.82, 2.24) is 15.2 Å². The minimum atomic E-state index is -0.715. The number of carbonyl (C=O) groups is 2. The molecule has 204 valence electrons. The molecule has 0 radical (unpaired) electrons. The highest BCUT2D eigenvalue weighted by Crippen LogP contribution is 2.35. The van der Waals surface area contributed by atoms with Crippen LogP contribution in [-0.4, -0.2) is 47.1 Å². The van der Waals surface area contributed by atoms with Crippen molar-refractivity contribution in [3.63, 3.8) is 0 Å². The van der Waals surface area contributed by atoms with Crippen molar-refractivity contribution in [2.45, 2.75) is 51.6 Å². The second-order valence-corrected chi connectivity index (χ2v) is 11.1. The van der Waals surface area contributed by atoms with E-state index in [9.17, 15) is 18.4 Å². The number of fused-ring (bicyclic) bond motifs is 1. The Morgan fingerprint density at radius 2 is 1.74 bits per heavy atom. The first-order chi connectivity index (χ1) is 18.5. The van der Waals surface area contributed by atoms with Gasteiger partial charge in [0.25, 0.3) is 5.91 Å². The van der Waals surface area contributed by atoms with E-state index < -0.39 is 23.3 Å². The van der Waals surface area contributed by atoms with Crippen LogP contribution in [-0.2, 0) is 11.2 Å². The summed E-state index contributed by atoms with van der Waals surface area (Å²) in [6.07, 6.45) is 1.82. The van der Waals surface area contributed by atoms with Crippen LogP contribution in [0.15, 0.2) is 42.5 Å². The fourth-order valence-corrected chi connectivity index (χ4v) is 5.26. The van der Waals surface area contributed by atoms with Crippen LogP contribution in [0.1, 0.15) is 61.0 Å². The van der Waals surface area contributed by atoms with Crippen LogP contribution >= 0.6 is 0 Å². The van der Waals surface area contributed by atoms with Crippen molar-refractivity contribution < 1.29 is 23.1 Å². The molecule has 1 saturated heterocycles. The molecule has 0 atom stereocenters. The molecule has 2 aliphatic heterocycles. The van der Waals surface area contributed by atoms with Gasteiger partial charge in [0.1, 0.15) is 17.2 Å². The van der Waals surface area contributed by atoms with Crippen molar-refractivity contribution in [3.8, 4) is 22.3 Å². The van der Waals surface area contributed by atoms with Crippen LogP contribution in [0.5, 0.6) is 0 Å². The number of ether oxygens (including phenoxy) is 1. The van der Waals surface area contributed by atoms with Gasteiger partial charge in [0.15, 0.2) is 0 Å². The molecule has 2 amide bonds. The summed E-state index contributed by atoms with van der Waals surface area (Å²) in [6.45, 7) is 7.20. The largest absolute Gasteiger partial charge is 0.444 e. The maximum absolute atomic E-state index is 15.0. The first-order valence-electron chi connectivity index (χ1n) is 13.2. The lowest BCUT2D eigenvalue weighted by Gasteiger charge is -2.33. The number of carbonyl (C=O) groups excluding carboxylic acids is 2. The van der Waals surface area contributed by atoms with E-state index in [1.165, 1.54) is 6.07 Å². The van der Waals surface area contributed by atoms with Crippen molar-refractivity contribution >= 4 is 17.8 Å². The zero-order valence-electron chi connectivity index (χ0n) is 22.3. The Balaban J connectivity index is 1.35. The number of anilines is 1. The quantitative estimate of drug-likeness (QED) is 0.422. The minimum Gasteiger partial charge on any atom is -0.444 e. The molecule has 3 heterocycles. The molecule has 0 aliphatic carbocycles. The van der Waals surface area contributed by atoms with Crippen LogP contribution in [0.25, 0.3) is 22.3 Å². The molecule has 0 saturated carbocycles. The SMILES string of the molecule is CC(C)(C)OC(=O)N1CCC(c2ccc(-c3cc(-c4cc(F)c5c(c4)CCNC5=O)c(N)nc3F)cc2)CC1. The first-order valence-corrected chi connectivity index (χ1v) is 13.2. The van der Waals surface area contributed by atoms with E-state index in [0.29, 0.717) is 48.3 Å². The van der Waals surface area contributed by atoms with Gasteiger partial charge in [-0.3, -0.25) is 4.79 Å². The number of nitrogens with two attached hydrogens (primary N) is 1. The van der Waals surface area contributed by atoms with Crippen LogP contribution < -0.4 is 11.1 Å². The number of hydrogen-bond donors (Lipinski definition) is 2. The van der Waals surface area contributed by atoms with Crippen molar-refractivity contribution in [2.24, 2.45) is 0 Å². The topological polar surface area (TPSA) is 97.5 Å². The third-order valence-corrected chi connectivity index (χ3v) is 7.24. The highest BCUT2D eigenvalue weighted by molar-refractivity contribution is 5.98. The van der Waals surface area contributed by atoms with Gasteiger partial charge in [0.05, 0.1) is 5.56 Å². The molecular weight excluding hydrogens is 502 g/mol. The molecule has 3 aromatic rings. The third kappa shape index (κ3) is 5.57. The fourth-order valence-electron chi connectivity index (χ4n) is 5.26. The van der Waals surface area contributed by atoms with Crippen LogP contribution in [0.3, 0.4) is 0 Å². The number of benzene rings is 2. The molecule has 0 unspecified atom stereocenters. The van der Waals surface area contributed by atoms with E-state index in [4.69, 9.17) is 10.5 Å². The van der Waals surface area contributed by atoms with E-state index in [0.717, 1.165) is 18.4 Å². The number of halogens is 2. The van der Waals surface area contributed by atoms with E-state index >= 15 is 0 Å². The highest BCUT2D eigenvalue weighted by Gasteiger charge is 2.28. The Kier molecular flexibility index (Phi) is 7.01. The smallest absolute Gasteiger partial charge is 0.410 e. The minimum absolute atomic E-state index is 0.0337. The summed E-state index contributed by atoms with van der Waals surface area (Å²) in [6, 6.07) is 12.2. The Hall–Kier alpha value is -4.01. The molecule has 5 rings (SSSR count). The van der Waals surface area contributed by atoms with Crippen molar-refractivity contribution in [1.29, 1.82) is 0 Å². The number of nitrogens with zero attached hydrogens (tertiary/aromatic N) is 2. The van der Waals surface area contributed by atoms with Gasteiger partial charge in [-0.1, -0.05) is 24.3 Å². The van der Waals surface area contributed by atoms with Gasteiger partial charge in [0, 0.05) is 30.8 Å². The molecular formula is C30H32F2N4O3. The molecule has 7 nitrogen and oxygen atoms in total. The normalized spacial score (nSPS) is 16.0. The van der Waals surface area contributed by atoms with Crippen molar-refractivity contribution in [2.75, 3.05) is 25.4 Å². The van der Waals surface area contributed by atoms with E-state index in [2.05, 4.69) is 10.3 Å². The summed E-state index contributed by atoms with van der Waals surface area (Å²) in [5, 5.41) is 2.64. The molecule has 0 bridgehead atoms. The van der Waals surface area contributed by atoms with Gasteiger partial charge in [-0.25, -0.2) is 14.2 Å². The van der Waals surface area contributed by atoms with E-state index in [-0.39, 0.29) is 29.0 Å². The average Bonchev–Trinajstić information content (AvgIpc) is 2.88. The first kappa shape index (κ1) is 26.6. The number of likely N-dealkylation sites (tertiary alicyclic amines) is 1. The fraction of sp³-hybridized carbons (Fsp3) is 0.367. The number of aromatic nitrogens is 1. The second-order valence-electron chi connectivity index (χ2n) is 11.1. The standard InChI is InChI=1S/C30H32F2N4O3/c1-30(2,3)39-29(38)36-12-9-18(10-13-36)17-4-6-19(7-5-17)22-16-23(27(33)35-26(22)32)21-14-20-8-11-34-28(37)25(20)24(31)15-21/h4-7,14-16,18H,8-13H2,1-3H3,(H2,33,35)(H,34,37). The summed E-state index contributed by atoms with van der Waals surface area (Å²) < 4.78 is 35.3. The maximum Gasteiger partial charge on any atom is 0.410 e. The number of nitrogen functional groups attached to an aromatic ring is 1.